The SMILES string of the molecule is Cc1cc(O[C@H](C)C(=O)N/N=C\c2ccc(O)c(Br)c2)cc(C)c1Cl. The van der Waals surface area contributed by atoms with Crippen molar-refractivity contribution in [3.63, 3.8) is 0 Å². The molecule has 2 aromatic rings. The van der Waals surface area contributed by atoms with Crippen LogP contribution in [0.2, 0.25) is 5.02 Å². The molecule has 0 aliphatic heterocycles. The molecule has 5 nitrogen and oxygen atoms in total. The zero-order valence-corrected chi connectivity index (χ0v) is 16.4. The summed E-state index contributed by atoms with van der Waals surface area (Å²) in [5.41, 5.74) is 4.93. The standard InChI is InChI=1S/C18H18BrClN2O3/c1-10-6-14(7-11(2)17(10)20)25-12(3)18(24)22-21-9-13-4-5-16(23)15(19)8-13/h4-9,12,23H,1-3H3,(H,22,24)/b21-9-/t12-/m1/s1. The van der Waals surface area contributed by atoms with E-state index in [1.165, 1.54) is 12.3 Å². The summed E-state index contributed by atoms with van der Waals surface area (Å²) in [6.07, 6.45) is 0.759. The molecule has 2 N–H and O–H groups in total. The molecule has 132 valence electrons. The average molecular weight is 426 g/mol. The van der Waals surface area contributed by atoms with Gasteiger partial charge in [-0.1, -0.05) is 11.6 Å². The maximum Gasteiger partial charge on any atom is 0.280 e. The fraction of sp³-hybridized carbons (Fsp3) is 0.222. The number of aryl methyl sites for hydroxylation is 2. The quantitative estimate of drug-likeness (QED) is 0.553. The van der Waals surface area contributed by atoms with Gasteiger partial charge in [0, 0.05) is 5.02 Å². The van der Waals surface area contributed by atoms with Crippen LogP contribution in [-0.4, -0.2) is 23.3 Å². The fourth-order valence-corrected chi connectivity index (χ4v) is 2.60. The Hall–Kier alpha value is -2.05. The van der Waals surface area contributed by atoms with E-state index in [9.17, 15) is 9.90 Å². The molecule has 0 saturated heterocycles. The van der Waals surface area contributed by atoms with Crippen molar-refractivity contribution in [2.24, 2.45) is 5.10 Å². The number of rotatable bonds is 5. The molecule has 7 heteroatoms. The molecule has 0 aliphatic carbocycles. The predicted octanol–water partition coefficient (Wildman–Crippen LogP) is 4.34. The zero-order valence-electron chi connectivity index (χ0n) is 14.0. The maximum absolute atomic E-state index is 12.1. The van der Waals surface area contributed by atoms with Crippen molar-refractivity contribution in [2.75, 3.05) is 0 Å². The monoisotopic (exact) mass is 424 g/mol. The topological polar surface area (TPSA) is 70.9 Å². The molecule has 0 unspecified atom stereocenters. The number of hydrogen-bond donors (Lipinski definition) is 2. The van der Waals surface area contributed by atoms with Gasteiger partial charge in [0.2, 0.25) is 0 Å². The number of hydrazone groups is 1. The average Bonchev–Trinajstić information content (AvgIpc) is 2.55. The Morgan fingerprint density at radius 2 is 1.96 bits per heavy atom. The van der Waals surface area contributed by atoms with Gasteiger partial charge in [0.1, 0.15) is 11.5 Å². The van der Waals surface area contributed by atoms with Crippen molar-refractivity contribution in [1.82, 2.24) is 5.43 Å². The Morgan fingerprint density at radius 3 is 2.56 bits per heavy atom. The highest BCUT2D eigenvalue weighted by atomic mass is 79.9. The Morgan fingerprint density at radius 1 is 1.32 bits per heavy atom. The number of carbonyl (C=O) groups is 1. The van der Waals surface area contributed by atoms with Crippen LogP contribution < -0.4 is 10.2 Å². The molecule has 0 saturated carbocycles. The summed E-state index contributed by atoms with van der Waals surface area (Å²) in [7, 11) is 0. The minimum atomic E-state index is -0.719. The lowest BCUT2D eigenvalue weighted by molar-refractivity contribution is -0.127. The van der Waals surface area contributed by atoms with Gasteiger partial charge in [-0.05, 0) is 83.7 Å². The number of amides is 1. The summed E-state index contributed by atoms with van der Waals surface area (Å²) in [6, 6.07) is 8.47. The van der Waals surface area contributed by atoms with E-state index < -0.39 is 6.10 Å². The van der Waals surface area contributed by atoms with Gasteiger partial charge in [-0.2, -0.15) is 5.10 Å². The van der Waals surface area contributed by atoms with Crippen molar-refractivity contribution < 1.29 is 14.6 Å². The van der Waals surface area contributed by atoms with Gasteiger partial charge in [-0.3, -0.25) is 4.79 Å². The van der Waals surface area contributed by atoms with Crippen molar-refractivity contribution in [3.05, 3.63) is 56.5 Å². The van der Waals surface area contributed by atoms with Gasteiger partial charge < -0.3 is 9.84 Å². The van der Waals surface area contributed by atoms with E-state index in [0.717, 1.165) is 16.7 Å². The Bertz CT molecular complexity index is 801. The minimum absolute atomic E-state index is 0.136. The molecule has 2 rings (SSSR count). The van der Waals surface area contributed by atoms with Crippen LogP contribution in [0, 0.1) is 13.8 Å². The smallest absolute Gasteiger partial charge is 0.280 e. The van der Waals surface area contributed by atoms with Crippen LogP contribution in [0.3, 0.4) is 0 Å². The van der Waals surface area contributed by atoms with Crippen LogP contribution in [0.1, 0.15) is 23.6 Å². The number of aromatic hydroxyl groups is 1. The third kappa shape index (κ3) is 5.21. The lowest BCUT2D eigenvalue weighted by atomic mass is 10.1. The Balaban J connectivity index is 1.96. The molecule has 0 heterocycles. The molecule has 1 atom stereocenters. The van der Waals surface area contributed by atoms with Crippen molar-refractivity contribution in [3.8, 4) is 11.5 Å². The van der Waals surface area contributed by atoms with E-state index in [-0.39, 0.29) is 11.7 Å². The number of phenols is 1. The van der Waals surface area contributed by atoms with Crippen LogP contribution in [-0.2, 0) is 4.79 Å². The number of ether oxygens (including phenoxy) is 1. The molecule has 2 aromatic carbocycles. The third-order valence-electron chi connectivity index (χ3n) is 3.45. The van der Waals surface area contributed by atoms with Gasteiger partial charge >= 0.3 is 0 Å². The first-order valence-corrected chi connectivity index (χ1v) is 8.70. The number of carbonyl (C=O) groups excluding carboxylic acids is 1. The predicted molar refractivity (Wildman–Crippen MR) is 103 cm³/mol. The van der Waals surface area contributed by atoms with E-state index in [1.807, 2.05) is 13.8 Å². The normalized spacial score (nSPS) is 12.2. The van der Waals surface area contributed by atoms with E-state index in [0.29, 0.717) is 15.2 Å². The van der Waals surface area contributed by atoms with Crippen LogP contribution in [0.5, 0.6) is 11.5 Å². The molecule has 25 heavy (non-hydrogen) atoms. The summed E-state index contributed by atoms with van der Waals surface area (Å²) in [6.45, 7) is 5.40. The summed E-state index contributed by atoms with van der Waals surface area (Å²) in [5.74, 6) is 0.338. The van der Waals surface area contributed by atoms with Crippen LogP contribution in [0.4, 0.5) is 0 Å². The number of phenolic OH excluding ortho intramolecular Hbond substituents is 1. The second-order valence-corrected chi connectivity index (χ2v) is 6.81. The lowest BCUT2D eigenvalue weighted by Gasteiger charge is -2.14. The summed E-state index contributed by atoms with van der Waals surface area (Å²) >= 11 is 9.34. The third-order valence-corrected chi connectivity index (χ3v) is 4.68. The maximum atomic E-state index is 12.1. The minimum Gasteiger partial charge on any atom is -0.507 e. The van der Waals surface area contributed by atoms with Gasteiger partial charge in [-0.25, -0.2) is 5.43 Å². The first-order chi connectivity index (χ1) is 11.8. The molecule has 0 aromatic heterocycles. The Labute approximate surface area is 159 Å². The molecule has 0 spiro atoms. The van der Waals surface area contributed by atoms with Gasteiger partial charge in [0.05, 0.1) is 10.7 Å². The lowest BCUT2D eigenvalue weighted by Crippen LogP contribution is -2.33. The highest BCUT2D eigenvalue weighted by molar-refractivity contribution is 9.10. The molecule has 0 fully saturated rings. The number of hydrogen-bond acceptors (Lipinski definition) is 4. The molecule has 0 bridgehead atoms. The second kappa shape index (κ2) is 8.36. The number of nitrogens with zero attached hydrogens (tertiary/aromatic N) is 1. The highest BCUT2D eigenvalue weighted by Crippen LogP contribution is 2.26. The van der Waals surface area contributed by atoms with Crippen molar-refractivity contribution in [2.45, 2.75) is 26.9 Å². The Kier molecular flexibility index (Phi) is 6.45. The summed E-state index contributed by atoms with van der Waals surface area (Å²) in [4.78, 5) is 12.1. The second-order valence-electron chi connectivity index (χ2n) is 5.58. The van der Waals surface area contributed by atoms with E-state index in [4.69, 9.17) is 16.3 Å². The van der Waals surface area contributed by atoms with Crippen molar-refractivity contribution in [1.29, 1.82) is 0 Å². The molecular weight excluding hydrogens is 408 g/mol. The first-order valence-electron chi connectivity index (χ1n) is 7.52. The van der Waals surface area contributed by atoms with Gasteiger partial charge in [-0.15, -0.1) is 0 Å². The molecular formula is C18H18BrClN2O3. The van der Waals surface area contributed by atoms with Gasteiger partial charge in [0.15, 0.2) is 6.10 Å². The largest absolute Gasteiger partial charge is 0.507 e. The summed E-state index contributed by atoms with van der Waals surface area (Å²) < 4.78 is 6.19. The van der Waals surface area contributed by atoms with Crippen LogP contribution in [0.25, 0.3) is 0 Å². The fourth-order valence-electron chi connectivity index (χ4n) is 2.10. The zero-order chi connectivity index (χ0) is 18.6. The highest BCUT2D eigenvalue weighted by Gasteiger charge is 2.15. The number of benzene rings is 2. The van der Waals surface area contributed by atoms with Crippen LogP contribution >= 0.6 is 27.5 Å². The van der Waals surface area contributed by atoms with Gasteiger partial charge in [0.25, 0.3) is 5.91 Å². The van der Waals surface area contributed by atoms with E-state index >= 15 is 0 Å². The number of nitrogens with one attached hydrogen (secondary N) is 1. The van der Waals surface area contributed by atoms with E-state index in [2.05, 4.69) is 26.5 Å². The van der Waals surface area contributed by atoms with E-state index in [1.54, 1.807) is 31.2 Å². The van der Waals surface area contributed by atoms with Crippen LogP contribution in [0.15, 0.2) is 39.9 Å². The molecule has 1 amide bonds. The number of halogens is 2. The van der Waals surface area contributed by atoms with Crippen molar-refractivity contribution >= 4 is 39.7 Å². The summed E-state index contributed by atoms with van der Waals surface area (Å²) in [5, 5.41) is 14.0. The first kappa shape index (κ1) is 19.3. The molecule has 0 radical (unpaired) electrons. The molecule has 0 aliphatic rings.